The lowest BCUT2D eigenvalue weighted by Crippen LogP contribution is -1.95. The molecule has 24 aromatic rings. The van der Waals surface area contributed by atoms with E-state index in [2.05, 4.69) is 378 Å². The summed E-state index contributed by atoms with van der Waals surface area (Å²) in [6.45, 7) is 35.1. The van der Waals surface area contributed by atoms with Gasteiger partial charge in [-0.25, -0.2) is 17.6 Å². The van der Waals surface area contributed by atoms with Gasteiger partial charge in [-0.05, 0) is 446 Å². The number of hydrogen-bond donors (Lipinski definition) is 0. The van der Waals surface area contributed by atoms with Crippen LogP contribution in [0.2, 0.25) is 0 Å². The molecule has 4 heteroatoms. The molecule has 0 unspecified atom stereocenters. The molecular formula is C144H108F4. The molecule has 0 saturated carbocycles. The van der Waals surface area contributed by atoms with Gasteiger partial charge >= 0.3 is 0 Å². The average molecular weight is 1910 g/mol. The second-order valence-electron chi connectivity index (χ2n) is 42.4. The molecule has 0 amide bonds. The fourth-order valence-corrected chi connectivity index (χ4v) is 25.8. The fraction of sp³-hybridized carbons (Fsp3) is 0.111. The van der Waals surface area contributed by atoms with Crippen LogP contribution in [0, 0.1) is 134 Å². The molecule has 24 aromatic carbocycles. The van der Waals surface area contributed by atoms with Crippen LogP contribution in [-0.4, -0.2) is 0 Å². The third kappa shape index (κ3) is 15.1. The summed E-state index contributed by atoms with van der Waals surface area (Å²) in [6, 6.07) is 127. The predicted octanol–water partition coefficient (Wildman–Crippen LogP) is 41.4. The first-order chi connectivity index (χ1) is 71.6. The fourth-order valence-electron chi connectivity index (χ4n) is 25.8. The van der Waals surface area contributed by atoms with Gasteiger partial charge in [-0.3, -0.25) is 0 Å². The minimum atomic E-state index is -0.250. The van der Waals surface area contributed by atoms with E-state index >= 15 is 0 Å². The molecule has 0 bridgehead atoms. The van der Waals surface area contributed by atoms with Gasteiger partial charge in [0.05, 0.1) is 0 Å². The SMILES string of the molecule is Cc1cc(C)cc(-c2c3c(c(-c4cc(C)cc(C)c4)c4cc(C)ccc24)-c2ccc(C)c4cccc-3c24)c1.Cc1cc(C)cc(-c2c3c(c(-c4cc(C)cc(C)c4)c4cc(C)ccc24)-c2cccc4c(C)ccc-3c24)c1.Cc1ccc2c(-c3ccc(F)cc3)c3c(c(-c4ccc(F)cc4)c2c1)-c1ccc(C)c2cccc-3c12.Cc1ccc2c(-c3ccc(F)cc3)c3c(c(-c4ccc(F)cc4)c2c1)-c1cccc2c(C)ccc-3c12. The van der Waals surface area contributed by atoms with Gasteiger partial charge in [-0.1, -0.05) is 382 Å². The highest BCUT2D eigenvalue weighted by atomic mass is 19.1. The summed E-state index contributed by atoms with van der Waals surface area (Å²) >= 11 is 0. The van der Waals surface area contributed by atoms with Crippen LogP contribution in [0.1, 0.15) is 89.0 Å². The van der Waals surface area contributed by atoms with Gasteiger partial charge < -0.3 is 0 Å². The molecule has 712 valence electrons. The zero-order valence-electron chi connectivity index (χ0n) is 86.2. The van der Waals surface area contributed by atoms with Crippen LogP contribution in [0.15, 0.2) is 364 Å². The number of rotatable bonds is 8. The van der Waals surface area contributed by atoms with Crippen molar-refractivity contribution in [3.8, 4) is 178 Å². The number of halogens is 4. The van der Waals surface area contributed by atoms with E-state index < -0.39 is 0 Å². The molecule has 0 nitrogen and oxygen atoms in total. The second kappa shape index (κ2) is 35.5. The number of fused-ring (bicyclic) bond motifs is 16. The lowest BCUT2D eigenvalue weighted by atomic mass is 9.81. The molecular weight excluding hydrogens is 1810 g/mol. The van der Waals surface area contributed by atoms with Gasteiger partial charge in [0.25, 0.3) is 0 Å². The van der Waals surface area contributed by atoms with Gasteiger partial charge in [-0.15, -0.1) is 0 Å². The van der Waals surface area contributed by atoms with Crippen LogP contribution in [0.4, 0.5) is 17.6 Å². The highest BCUT2D eigenvalue weighted by molar-refractivity contribution is 6.33. The summed E-state index contributed by atoms with van der Waals surface area (Å²) in [5, 5.41) is 20.2. The van der Waals surface area contributed by atoms with Crippen molar-refractivity contribution in [2.45, 2.75) is 111 Å². The topological polar surface area (TPSA) is 0 Å². The largest absolute Gasteiger partial charge is 0.207 e. The summed E-state index contributed by atoms with van der Waals surface area (Å²) < 4.78 is 55.9. The van der Waals surface area contributed by atoms with E-state index in [1.54, 1.807) is 0 Å². The van der Waals surface area contributed by atoms with Gasteiger partial charge in [0.15, 0.2) is 0 Å². The average Bonchev–Trinajstić information content (AvgIpc) is 1.54. The Kier molecular flexibility index (Phi) is 22.1. The van der Waals surface area contributed by atoms with E-state index in [0.717, 1.165) is 99.4 Å². The van der Waals surface area contributed by atoms with Crippen molar-refractivity contribution in [3.05, 3.63) is 476 Å². The van der Waals surface area contributed by atoms with E-state index in [0.29, 0.717) is 0 Å². The van der Waals surface area contributed by atoms with Crippen molar-refractivity contribution in [3.63, 3.8) is 0 Å². The molecule has 0 spiro atoms. The first-order valence-electron chi connectivity index (χ1n) is 51.5. The predicted molar refractivity (Wildman–Crippen MR) is 623 cm³/mol. The van der Waals surface area contributed by atoms with E-state index in [-0.39, 0.29) is 23.3 Å². The Morgan fingerprint density at radius 1 is 0.115 bits per heavy atom. The van der Waals surface area contributed by atoms with Crippen molar-refractivity contribution in [2.75, 3.05) is 0 Å². The van der Waals surface area contributed by atoms with E-state index in [9.17, 15) is 17.6 Å². The Hall–Kier alpha value is -16.9. The molecule has 4 aliphatic rings. The summed E-state index contributed by atoms with van der Waals surface area (Å²) in [5.74, 6) is -1.00. The van der Waals surface area contributed by atoms with Crippen molar-refractivity contribution in [1.82, 2.24) is 0 Å². The Morgan fingerprint density at radius 2 is 0.284 bits per heavy atom. The molecule has 0 atom stereocenters. The Balaban J connectivity index is 0.000000103. The van der Waals surface area contributed by atoms with Crippen molar-refractivity contribution in [2.24, 2.45) is 0 Å². The smallest absolute Gasteiger partial charge is 0.123 e. The quantitative estimate of drug-likeness (QED) is 0.133. The molecule has 0 N–H and O–H groups in total. The summed E-state index contributed by atoms with van der Waals surface area (Å²) in [4.78, 5) is 0. The van der Waals surface area contributed by atoms with Crippen LogP contribution < -0.4 is 0 Å². The maximum absolute atomic E-state index is 14.0. The van der Waals surface area contributed by atoms with Crippen molar-refractivity contribution < 1.29 is 17.6 Å². The molecule has 28 rings (SSSR count). The number of benzene rings is 24. The third-order valence-electron chi connectivity index (χ3n) is 31.6. The van der Waals surface area contributed by atoms with Crippen LogP contribution in [0.3, 0.4) is 0 Å². The molecule has 0 radical (unpaired) electrons. The maximum atomic E-state index is 14.0. The van der Waals surface area contributed by atoms with E-state index in [4.69, 9.17) is 0 Å². The molecule has 4 aliphatic carbocycles. The van der Waals surface area contributed by atoms with Crippen LogP contribution >= 0.6 is 0 Å². The summed E-state index contributed by atoms with van der Waals surface area (Å²) in [6.07, 6.45) is 0. The van der Waals surface area contributed by atoms with Crippen molar-refractivity contribution >= 4 is 86.2 Å². The van der Waals surface area contributed by atoms with Crippen LogP contribution in [0.25, 0.3) is 264 Å². The lowest BCUT2D eigenvalue weighted by Gasteiger charge is -2.22. The second-order valence-corrected chi connectivity index (χ2v) is 42.4. The Bertz CT molecular complexity index is 9340. The first kappa shape index (κ1) is 92.2. The number of hydrogen-bond acceptors (Lipinski definition) is 0. The molecule has 0 aromatic heterocycles. The Labute approximate surface area is 862 Å². The first-order valence-corrected chi connectivity index (χ1v) is 51.5. The minimum absolute atomic E-state index is 0.250. The van der Waals surface area contributed by atoms with Crippen LogP contribution in [0.5, 0.6) is 0 Å². The molecule has 0 aliphatic heterocycles. The zero-order chi connectivity index (χ0) is 102. The monoisotopic (exact) mass is 1910 g/mol. The molecule has 0 heterocycles. The molecule has 0 fully saturated rings. The van der Waals surface area contributed by atoms with Crippen molar-refractivity contribution in [1.29, 1.82) is 0 Å². The number of aryl methyl sites for hydroxylation is 16. The minimum Gasteiger partial charge on any atom is -0.207 e. The zero-order valence-corrected chi connectivity index (χ0v) is 86.2. The highest BCUT2D eigenvalue weighted by Crippen LogP contribution is 2.65. The Morgan fingerprint density at radius 3 is 0.480 bits per heavy atom. The summed E-state index contributed by atoms with van der Waals surface area (Å²) in [7, 11) is 0. The molecule has 148 heavy (non-hydrogen) atoms. The van der Waals surface area contributed by atoms with E-state index in [1.165, 1.54) is 302 Å². The van der Waals surface area contributed by atoms with Gasteiger partial charge in [-0.2, -0.15) is 0 Å². The van der Waals surface area contributed by atoms with Gasteiger partial charge in [0, 0.05) is 0 Å². The van der Waals surface area contributed by atoms with Gasteiger partial charge in [0.1, 0.15) is 23.3 Å². The molecule has 0 saturated heterocycles. The lowest BCUT2D eigenvalue weighted by molar-refractivity contribution is 0.627. The van der Waals surface area contributed by atoms with Gasteiger partial charge in [0.2, 0.25) is 0 Å². The highest BCUT2D eigenvalue weighted by Gasteiger charge is 2.38. The standard InChI is InChI=1S/2C38H32.2C34H22F2/c1-21-10-12-30-33(20-21)35(28-18-24(4)15-25(5)19-28)37-31-9-7-8-29-26(6)11-13-32(36(29)31)38(37)34(30)27-16-22(2)14-23(3)17-27;1-21-10-12-30-33(20-21)35(28-18-24(4)15-25(5)19-28)38-32-13-11-26(6)29-8-7-9-31(36(29)32)37(38)34(30)27-16-22(2)14-23(3)17-27;1-19-6-16-26-29(18-19)31(22-10-14-24(36)15-11-22)33-27-5-3-4-25-20(2)7-17-28(32(25)27)34(33)30(26)21-8-12-23(35)13-9-21;1-19-6-16-26-29(18-19)31(22-10-14-24(36)15-11-22)34-28-17-7-20(2)25-4-3-5-27(32(25)28)33(34)30(26)21-8-12-23(35)13-9-21/h2*7-20H,1-6H3;2*3-18H,1-2H3. The normalized spacial score (nSPS) is 11.9. The maximum Gasteiger partial charge on any atom is 0.123 e. The van der Waals surface area contributed by atoms with E-state index in [1.807, 2.05) is 48.5 Å². The summed E-state index contributed by atoms with van der Waals surface area (Å²) in [5.41, 5.74) is 59.8. The third-order valence-corrected chi connectivity index (χ3v) is 31.6. The van der Waals surface area contributed by atoms with Crippen LogP contribution in [-0.2, 0) is 0 Å².